The van der Waals surface area contributed by atoms with E-state index in [2.05, 4.69) is 16.7 Å². The van der Waals surface area contributed by atoms with E-state index in [1.165, 1.54) is 12.1 Å². The van der Waals surface area contributed by atoms with Gasteiger partial charge in [-0.15, -0.1) is 0 Å². The Morgan fingerprint density at radius 3 is 2.37 bits per heavy atom. The molecule has 0 aromatic heterocycles. The largest absolute Gasteiger partial charge is 0.478 e. The smallest absolute Gasteiger partial charge is 0.335 e. The summed E-state index contributed by atoms with van der Waals surface area (Å²) in [7, 11) is 0. The van der Waals surface area contributed by atoms with Crippen LogP contribution < -0.4 is 10.6 Å². The maximum atomic E-state index is 12.5. The zero-order chi connectivity index (χ0) is 18.8. The summed E-state index contributed by atoms with van der Waals surface area (Å²) < 4.78 is 0. The van der Waals surface area contributed by atoms with Gasteiger partial charge in [-0.05, 0) is 48.0 Å². The summed E-state index contributed by atoms with van der Waals surface area (Å²) in [5, 5.41) is 15.2. The number of hydrogen-bond donors (Lipinski definition) is 3. The SMILES string of the molecule is O=C(O)c1ccc(CNC(=O)c2ccc3c(c2)Nc2ccccc2S3)cc1. The van der Waals surface area contributed by atoms with E-state index < -0.39 is 5.97 Å². The highest BCUT2D eigenvalue weighted by atomic mass is 32.2. The van der Waals surface area contributed by atoms with Gasteiger partial charge in [0, 0.05) is 21.9 Å². The maximum Gasteiger partial charge on any atom is 0.335 e. The number of carbonyl (C=O) groups excluding carboxylic acids is 1. The minimum atomic E-state index is -0.966. The number of anilines is 2. The number of hydrogen-bond acceptors (Lipinski definition) is 4. The van der Waals surface area contributed by atoms with Gasteiger partial charge in [-0.25, -0.2) is 4.79 Å². The summed E-state index contributed by atoms with van der Waals surface area (Å²) in [6.45, 7) is 0.334. The number of aromatic carboxylic acids is 1. The fraction of sp³-hybridized carbons (Fsp3) is 0.0476. The lowest BCUT2D eigenvalue weighted by molar-refractivity contribution is 0.0696. The molecule has 3 aromatic carbocycles. The van der Waals surface area contributed by atoms with Gasteiger partial charge in [-0.2, -0.15) is 0 Å². The summed E-state index contributed by atoms with van der Waals surface area (Å²) in [5.74, 6) is -1.14. The number of rotatable bonds is 4. The molecule has 0 saturated carbocycles. The summed E-state index contributed by atoms with van der Waals surface area (Å²) in [6, 6.07) is 20.1. The van der Waals surface area contributed by atoms with E-state index in [9.17, 15) is 9.59 Å². The molecule has 0 radical (unpaired) electrons. The first-order chi connectivity index (χ1) is 13.1. The average Bonchev–Trinajstić information content (AvgIpc) is 2.70. The van der Waals surface area contributed by atoms with Crippen molar-refractivity contribution in [2.75, 3.05) is 5.32 Å². The Morgan fingerprint density at radius 1 is 0.889 bits per heavy atom. The molecule has 6 heteroatoms. The Balaban J connectivity index is 1.45. The molecule has 0 bridgehead atoms. The molecule has 27 heavy (non-hydrogen) atoms. The topological polar surface area (TPSA) is 78.4 Å². The van der Waals surface area contributed by atoms with Crippen molar-refractivity contribution >= 4 is 35.0 Å². The van der Waals surface area contributed by atoms with Gasteiger partial charge in [-0.1, -0.05) is 36.0 Å². The number of benzene rings is 3. The Labute approximate surface area is 160 Å². The average molecular weight is 376 g/mol. The monoisotopic (exact) mass is 376 g/mol. The Morgan fingerprint density at radius 2 is 1.59 bits per heavy atom. The van der Waals surface area contributed by atoms with E-state index in [1.807, 2.05) is 36.4 Å². The normalized spacial score (nSPS) is 11.7. The molecule has 0 spiro atoms. The Kier molecular flexibility index (Phi) is 4.56. The number of para-hydroxylation sites is 1. The third kappa shape index (κ3) is 3.66. The summed E-state index contributed by atoms with van der Waals surface area (Å²) >= 11 is 1.67. The van der Waals surface area contributed by atoms with Crippen LogP contribution >= 0.6 is 11.8 Å². The van der Waals surface area contributed by atoms with Gasteiger partial charge >= 0.3 is 5.97 Å². The predicted molar refractivity (Wildman–Crippen MR) is 105 cm³/mol. The van der Waals surface area contributed by atoms with E-state index in [0.29, 0.717) is 12.1 Å². The summed E-state index contributed by atoms with van der Waals surface area (Å²) in [4.78, 5) is 25.6. The number of carboxylic acids is 1. The molecule has 134 valence electrons. The van der Waals surface area contributed by atoms with Crippen LogP contribution in [0.2, 0.25) is 0 Å². The first kappa shape index (κ1) is 17.2. The van der Waals surface area contributed by atoms with Gasteiger partial charge in [0.1, 0.15) is 0 Å². The number of amides is 1. The lowest BCUT2D eigenvalue weighted by Gasteiger charge is -2.21. The van der Waals surface area contributed by atoms with Gasteiger partial charge in [-0.3, -0.25) is 4.79 Å². The van der Waals surface area contributed by atoms with Gasteiger partial charge in [0.25, 0.3) is 5.91 Å². The first-order valence-corrected chi connectivity index (χ1v) is 9.20. The lowest BCUT2D eigenvalue weighted by atomic mass is 10.1. The van der Waals surface area contributed by atoms with Gasteiger partial charge in [0.15, 0.2) is 0 Å². The van der Waals surface area contributed by atoms with Crippen molar-refractivity contribution in [3.63, 3.8) is 0 Å². The van der Waals surface area contributed by atoms with Gasteiger partial charge in [0.2, 0.25) is 0 Å². The van der Waals surface area contributed by atoms with Crippen LogP contribution in [-0.4, -0.2) is 17.0 Å². The summed E-state index contributed by atoms with van der Waals surface area (Å²) in [5.41, 5.74) is 3.59. The van der Waals surface area contributed by atoms with Gasteiger partial charge in [0.05, 0.1) is 16.9 Å². The number of carbonyl (C=O) groups is 2. The van der Waals surface area contributed by atoms with E-state index in [-0.39, 0.29) is 11.5 Å². The molecule has 3 N–H and O–H groups in total. The van der Waals surface area contributed by atoms with E-state index in [1.54, 1.807) is 23.9 Å². The maximum absolute atomic E-state index is 12.5. The molecular weight excluding hydrogens is 360 g/mol. The predicted octanol–water partition coefficient (Wildman–Crippen LogP) is 4.52. The fourth-order valence-electron chi connectivity index (χ4n) is 2.83. The van der Waals surface area contributed by atoms with Crippen LogP contribution in [0, 0.1) is 0 Å². The molecule has 1 aliphatic rings. The molecule has 1 aliphatic heterocycles. The van der Waals surface area contributed by atoms with Crippen LogP contribution in [0.3, 0.4) is 0 Å². The van der Waals surface area contributed by atoms with E-state index in [4.69, 9.17) is 5.11 Å². The van der Waals surface area contributed by atoms with Crippen molar-refractivity contribution in [2.24, 2.45) is 0 Å². The number of carboxylic acid groups (broad SMARTS) is 1. The third-order valence-electron chi connectivity index (χ3n) is 4.27. The molecule has 0 aliphatic carbocycles. The quantitative estimate of drug-likeness (QED) is 0.488. The molecule has 4 rings (SSSR count). The van der Waals surface area contributed by atoms with Gasteiger partial charge < -0.3 is 15.7 Å². The van der Waals surface area contributed by atoms with E-state index >= 15 is 0 Å². The second-order valence-corrected chi connectivity index (χ2v) is 7.20. The zero-order valence-electron chi connectivity index (χ0n) is 14.2. The van der Waals surface area contributed by atoms with Crippen molar-refractivity contribution in [2.45, 2.75) is 16.3 Å². The summed E-state index contributed by atoms with van der Waals surface area (Å²) in [6.07, 6.45) is 0. The van der Waals surface area contributed by atoms with Crippen molar-refractivity contribution < 1.29 is 14.7 Å². The zero-order valence-corrected chi connectivity index (χ0v) is 15.0. The standard InChI is InChI=1S/C21H16N2O3S/c24-20(22-12-13-5-7-14(8-6-13)21(25)26)15-9-10-19-17(11-15)23-16-3-1-2-4-18(16)27-19/h1-11,23H,12H2,(H,22,24)(H,25,26). The minimum absolute atomic E-state index is 0.175. The first-order valence-electron chi connectivity index (χ1n) is 8.38. The third-order valence-corrected chi connectivity index (χ3v) is 5.42. The highest BCUT2D eigenvalue weighted by Gasteiger charge is 2.17. The Bertz CT molecular complexity index is 1030. The molecule has 0 saturated heterocycles. The molecule has 1 heterocycles. The van der Waals surface area contributed by atoms with Crippen LogP contribution in [-0.2, 0) is 6.54 Å². The van der Waals surface area contributed by atoms with Crippen LogP contribution in [0.25, 0.3) is 0 Å². The highest BCUT2D eigenvalue weighted by Crippen LogP contribution is 2.44. The highest BCUT2D eigenvalue weighted by molar-refractivity contribution is 7.99. The van der Waals surface area contributed by atoms with E-state index in [0.717, 1.165) is 26.7 Å². The molecule has 0 atom stereocenters. The second kappa shape index (κ2) is 7.17. The van der Waals surface area contributed by atoms with Crippen molar-refractivity contribution in [1.82, 2.24) is 5.32 Å². The molecular formula is C21H16N2O3S. The van der Waals surface area contributed by atoms with Crippen molar-refractivity contribution in [1.29, 1.82) is 0 Å². The van der Waals surface area contributed by atoms with Crippen LogP contribution in [0.15, 0.2) is 76.5 Å². The molecule has 0 unspecified atom stereocenters. The Hall–Kier alpha value is -3.25. The van der Waals surface area contributed by atoms with Crippen LogP contribution in [0.4, 0.5) is 11.4 Å². The molecule has 0 fully saturated rings. The number of nitrogens with one attached hydrogen (secondary N) is 2. The fourth-order valence-corrected chi connectivity index (χ4v) is 3.80. The van der Waals surface area contributed by atoms with Crippen LogP contribution in [0.5, 0.6) is 0 Å². The second-order valence-electron chi connectivity index (χ2n) is 6.12. The molecule has 5 nitrogen and oxygen atoms in total. The van der Waals surface area contributed by atoms with Crippen molar-refractivity contribution in [3.05, 3.63) is 83.4 Å². The van der Waals surface area contributed by atoms with Crippen LogP contribution in [0.1, 0.15) is 26.3 Å². The molecule has 3 aromatic rings. The lowest BCUT2D eigenvalue weighted by Crippen LogP contribution is -2.23. The molecule has 1 amide bonds. The minimum Gasteiger partial charge on any atom is -0.478 e. The number of fused-ring (bicyclic) bond motifs is 2. The van der Waals surface area contributed by atoms with Crippen molar-refractivity contribution in [3.8, 4) is 0 Å².